The van der Waals surface area contributed by atoms with E-state index in [0.717, 1.165) is 32.1 Å². The minimum Gasteiger partial charge on any atom is -0.381 e. The normalized spacial score (nSPS) is 23.8. The van der Waals surface area contributed by atoms with Gasteiger partial charge in [0.15, 0.2) is 0 Å². The zero-order valence-corrected chi connectivity index (χ0v) is 12.8. The van der Waals surface area contributed by atoms with Crippen LogP contribution in [0, 0.1) is 11.3 Å². The molecule has 20 heavy (non-hydrogen) atoms. The number of hydrogen-bond acceptors (Lipinski definition) is 2. The van der Waals surface area contributed by atoms with Crippen molar-refractivity contribution in [3.63, 3.8) is 0 Å². The monoisotopic (exact) mass is 273 g/mol. The van der Waals surface area contributed by atoms with Gasteiger partial charge in [-0.2, -0.15) is 0 Å². The van der Waals surface area contributed by atoms with E-state index in [1.165, 1.54) is 30.4 Å². The largest absolute Gasteiger partial charge is 0.381 e. The van der Waals surface area contributed by atoms with Crippen LogP contribution >= 0.6 is 0 Å². The molecule has 0 amide bonds. The summed E-state index contributed by atoms with van der Waals surface area (Å²) in [5, 5.41) is 3.75. The highest BCUT2D eigenvalue weighted by Gasteiger charge is 2.37. The molecule has 0 spiro atoms. The fourth-order valence-corrected chi connectivity index (χ4v) is 3.33. The number of rotatable bonds is 7. The molecule has 0 heterocycles. The molecule has 0 radical (unpaired) electrons. The fraction of sp³-hybridized carbons (Fsp3) is 0.667. The Morgan fingerprint density at radius 3 is 2.85 bits per heavy atom. The Labute approximate surface area is 122 Å². The summed E-state index contributed by atoms with van der Waals surface area (Å²) in [5.41, 5.74) is 3.33. The summed E-state index contributed by atoms with van der Waals surface area (Å²) < 4.78 is 5.70. The summed E-state index contributed by atoms with van der Waals surface area (Å²) in [6.07, 6.45) is 5.05. The van der Waals surface area contributed by atoms with Gasteiger partial charge in [-0.1, -0.05) is 38.1 Å². The van der Waals surface area contributed by atoms with Gasteiger partial charge in [0.05, 0.1) is 0 Å². The van der Waals surface area contributed by atoms with Crippen molar-refractivity contribution in [1.82, 2.24) is 5.32 Å². The Balaban J connectivity index is 1.46. The Kier molecular flexibility index (Phi) is 4.13. The SMILES string of the molecule is CC1(C)Cc2ccccc2C1NCCCOCC1CC1. The van der Waals surface area contributed by atoms with Crippen LogP contribution in [0.15, 0.2) is 24.3 Å². The quantitative estimate of drug-likeness (QED) is 0.765. The number of benzene rings is 1. The molecule has 1 unspecified atom stereocenters. The van der Waals surface area contributed by atoms with E-state index in [9.17, 15) is 0 Å². The zero-order valence-electron chi connectivity index (χ0n) is 12.8. The molecule has 2 nitrogen and oxygen atoms in total. The number of fused-ring (bicyclic) bond motifs is 1. The average molecular weight is 273 g/mol. The van der Waals surface area contributed by atoms with Gasteiger partial charge >= 0.3 is 0 Å². The Hall–Kier alpha value is -0.860. The van der Waals surface area contributed by atoms with Crippen LogP contribution in [0.1, 0.15) is 50.3 Å². The topological polar surface area (TPSA) is 21.3 Å². The third-order valence-corrected chi connectivity index (χ3v) is 4.66. The maximum Gasteiger partial charge on any atom is 0.0494 e. The summed E-state index contributed by atoms with van der Waals surface area (Å²) >= 11 is 0. The van der Waals surface area contributed by atoms with Crippen LogP contribution < -0.4 is 5.32 Å². The molecular weight excluding hydrogens is 246 g/mol. The molecule has 0 aromatic heterocycles. The van der Waals surface area contributed by atoms with E-state index >= 15 is 0 Å². The lowest BCUT2D eigenvalue weighted by Crippen LogP contribution is -2.32. The van der Waals surface area contributed by atoms with E-state index in [4.69, 9.17) is 4.74 Å². The first-order valence-electron chi connectivity index (χ1n) is 8.06. The molecule has 2 aliphatic rings. The van der Waals surface area contributed by atoms with Crippen molar-refractivity contribution in [2.75, 3.05) is 19.8 Å². The maximum absolute atomic E-state index is 5.70. The molecule has 1 N–H and O–H groups in total. The van der Waals surface area contributed by atoms with Gasteiger partial charge in [-0.05, 0) is 54.7 Å². The first kappa shape index (κ1) is 14.1. The molecule has 2 aliphatic carbocycles. The summed E-state index contributed by atoms with van der Waals surface area (Å²) in [5.74, 6) is 0.878. The molecule has 1 saturated carbocycles. The second-order valence-corrected chi connectivity index (χ2v) is 7.12. The van der Waals surface area contributed by atoms with Crippen molar-refractivity contribution in [3.05, 3.63) is 35.4 Å². The molecule has 2 heteroatoms. The van der Waals surface area contributed by atoms with Crippen molar-refractivity contribution in [2.45, 2.75) is 45.6 Å². The van der Waals surface area contributed by atoms with Crippen LogP contribution in [0.2, 0.25) is 0 Å². The first-order valence-corrected chi connectivity index (χ1v) is 8.06. The van der Waals surface area contributed by atoms with Gasteiger partial charge in [0, 0.05) is 19.3 Å². The van der Waals surface area contributed by atoms with Crippen LogP contribution in [0.5, 0.6) is 0 Å². The minimum atomic E-state index is 0.318. The van der Waals surface area contributed by atoms with Crippen LogP contribution in [0.25, 0.3) is 0 Å². The van der Waals surface area contributed by atoms with E-state index in [0.29, 0.717) is 11.5 Å². The van der Waals surface area contributed by atoms with E-state index < -0.39 is 0 Å². The zero-order chi connectivity index (χ0) is 14.0. The highest BCUT2D eigenvalue weighted by atomic mass is 16.5. The second kappa shape index (κ2) is 5.87. The highest BCUT2D eigenvalue weighted by molar-refractivity contribution is 5.37. The lowest BCUT2D eigenvalue weighted by atomic mass is 9.85. The van der Waals surface area contributed by atoms with Gasteiger partial charge in [-0.25, -0.2) is 0 Å². The molecule has 0 aliphatic heterocycles. The highest BCUT2D eigenvalue weighted by Crippen LogP contribution is 2.44. The van der Waals surface area contributed by atoms with Crippen molar-refractivity contribution >= 4 is 0 Å². The third kappa shape index (κ3) is 3.24. The Bertz CT molecular complexity index is 450. The van der Waals surface area contributed by atoms with Crippen molar-refractivity contribution in [1.29, 1.82) is 0 Å². The van der Waals surface area contributed by atoms with Crippen molar-refractivity contribution in [3.8, 4) is 0 Å². The molecule has 1 aromatic carbocycles. The van der Waals surface area contributed by atoms with Gasteiger partial charge in [0.1, 0.15) is 0 Å². The molecule has 0 saturated heterocycles. The van der Waals surface area contributed by atoms with Crippen molar-refractivity contribution in [2.24, 2.45) is 11.3 Å². The lowest BCUT2D eigenvalue weighted by Gasteiger charge is -2.28. The van der Waals surface area contributed by atoms with Gasteiger partial charge in [0.25, 0.3) is 0 Å². The van der Waals surface area contributed by atoms with Gasteiger partial charge in [-0.3, -0.25) is 0 Å². The van der Waals surface area contributed by atoms with Crippen LogP contribution in [0.3, 0.4) is 0 Å². The van der Waals surface area contributed by atoms with Gasteiger partial charge in [0.2, 0.25) is 0 Å². The summed E-state index contributed by atoms with van der Waals surface area (Å²) in [7, 11) is 0. The van der Waals surface area contributed by atoms with Gasteiger partial charge < -0.3 is 10.1 Å². The molecule has 3 rings (SSSR count). The molecule has 1 atom stereocenters. The van der Waals surface area contributed by atoms with Crippen LogP contribution in [0.4, 0.5) is 0 Å². The predicted molar refractivity (Wildman–Crippen MR) is 82.8 cm³/mol. The van der Waals surface area contributed by atoms with E-state index in [1.807, 2.05) is 0 Å². The summed E-state index contributed by atoms with van der Waals surface area (Å²) in [6, 6.07) is 9.36. The fourth-order valence-electron chi connectivity index (χ4n) is 3.33. The Morgan fingerprint density at radius 1 is 1.25 bits per heavy atom. The van der Waals surface area contributed by atoms with Crippen molar-refractivity contribution < 1.29 is 4.74 Å². The smallest absolute Gasteiger partial charge is 0.0494 e. The van der Waals surface area contributed by atoms with E-state index in [-0.39, 0.29) is 0 Å². The van der Waals surface area contributed by atoms with E-state index in [2.05, 4.69) is 43.4 Å². The lowest BCUT2D eigenvalue weighted by molar-refractivity contribution is 0.120. The number of ether oxygens (including phenoxy) is 1. The molecule has 1 aromatic rings. The summed E-state index contributed by atoms with van der Waals surface area (Å²) in [6.45, 7) is 7.67. The van der Waals surface area contributed by atoms with Crippen LogP contribution in [-0.4, -0.2) is 19.8 Å². The Morgan fingerprint density at radius 2 is 2.05 bits per heavy atom. The first-order chi connectivity index (χ1) is 9.67. The average Bonchev–Trinajstić information content (AvgIpc) is 3.18. The van der Waals surface area contributed by atoms with Crippen LogP contribution in [-0.2, 0) is 11.2 Å². The van der Waals surface area contributed by atoms with E-state index in [1.54, 1.807) is 0 Å². The summed E-state index contributed by atoms with van der Waals surface area (Å²) in [4.78, 5) is 0. The minimum absolute atomic E-state index is 0.318. The number of hydrogen-bond donors (Lipinski definition) is 1. The predicted octanol–water partition coefficient (Wildman–Crippen LogP) is 3.72. The molecule has 0 bridgehead atoms. The molecule has 110 valence electrons. The number of nitrogens with one attached hydrogen (secondary N) is 1. The van der Waals surface area contributed by atoms with Gasteiger partial charge in [-0.15, -0.1) is 0 Å². The standard InChI is InChI=1S/C18H27NO/c1-18(2)12-15-6-3-4-7-16(15)17(18)19-10-5-11-20-13-14-8-9-14/h3-4,6-7,14,17,19H,5,8-13H2,1-2H3. The third-order valence-electron chi connectivity index (χ3n) is 4.66. The second-order valence-electron chi connectivity index (χ2n) is 7.12. The maximum atomic E-state index is 5.70. The molecular formula is C18H27NO. The molecule has 1 fully saturated rings.